The smallest absolute Gasteiger partial charge is 0.316 e. The monoisotopic (exact) mass is 367 g/mol. The summed E-state index contributed by atoms with van der Waals surface area (Å²) in [5.74, 6) is -0.239. The van der Waals surface area contributed by atoms with Gasteiger partial charge in [-0.15, -0.1) is 0 Å². The van der Waals surface area contributed by atoms with E-state index in [4.69, 9.17) is 32.4 Å². The predicted molar refractivity (Wildman–Crippen MR) is 91.0 cm³/mol. The van der Waals surface area contributed by atoms with Gasteiger partial charge >= 0.3 is 5.97 Å². The molecule has 0 saturated carbocycles. The second-order valence-electron chi connectivity index (χ2n) is 4.65. The molecule has 7 heteroatoms. The normalized spacial score (nSPS) is 10.9. The van der Waals surface area contributed by atoms with Crippen molar-refractivity contribution in [3.8, 4) is 0 Å². The molecule has 3 aromatic rings. The first kappa shape index (κ1) is 16.2. The van der Waals surface area contributed by atoms with E-state index in [1.54, 1.807) is 18.2 Å². The van der Waals surface area contributed by atoms with Gasteiger partial charge in [0.05, 0.1) is 10.0 Å². The Morgan fingerprint density at radius 1 is 1.17 bits per heavy atom. The molecule has 0 saturated heterocycles. The highest BCUT2D eigenvalue weighted by Crippen LogP contribution is 2.24. The summed E-state index contributed by atoms with van der Waals surface area (Å²) < 4.78 is 10.7. The Labute approximate surface area is 146 Å². The zero-order chi connectivity index (χ0) is 16.2. The highest BCUT2D eigenvalue weighted by Gasteiger charge is 2.10. The Bertz CT molecular complexity index is 817. The van der Waals surface area contributed by atoms with Crippen LogP contribution in [0.5, 0.6) is 0 Å². The molecule has 4 nitrogen and oxygen atoms in total. The molecule has 0 aliphatic rings. The molecule has 2 aromatic carbocycles. The number of nitrogens with zero attached hydrogens (tertiary/aromatic N) is 1. The number of esters is 1. The van der Waals surface area contributed by atoms with Gasteiger partial charge in [0.15, 0.2) is 5.58 Å². The number of hydrogen-bond donors (Lipinski definition) is 0. The zero-order valence-electron chi connectivity index (χ0n) is 11.8. The van der Waals surface area contributed by atoms with Gasteiger partial charge < -0.3 is 9.15 Å². The molecule has 118 valence electrons. The highest BCUT2D eigenvalue weighted by atomic mass is 35.5. The first-order chi connectivity index (χ1) is 11.1. The van der Waals surface area contributed by atoms with E-state index in [0.717, 1.165) is 11.1 Å². The molecule has 0 fully saturated rings. The van der Waals surface area contributed by atoms with Crippen molar-refractivity contribution in [2.24, 2.45) is 0 Å². The van der Waals surface area contributed by atoms with Gasteiger partial charge in [0, 0.05) is 0 Å². The SMILES string of the molecule is O=C(CSc1nc2ccccc2o1)OCc1ccc(Cl)c(Cl)c1. The van der Waals surface area contributed by atoms with E-state index >= 15 is 0 Å². The molecule has 0 radical (unpaired) electrons. The third-order valence-electron chi connectivity index (χ3n) is 2.97. The van der Waals surface area contributed by atoms with Crippen LogP contribution in [-0.4, -0.2) is 16.7 Å². The molecule has 23 heavy (non-hydrogen) atoms. The Balaban J connectivity index is 1.52. The zero-order valence-corrected chi connectivity index (χ0v) is 14.1. The minimum absolute atomic E-state index is 0.119. The largest absolute Gasteiger partial charge is 0.460 e. The van der Waals surface area contributed by atoms with Crippen LogP contribution < -0.4 is 0 Å². The Hall–Kier alpha value is -1.69. The third-order valence-corrected chi connectivity index (χ3v) is 4.51. The minimum Gasteiger partial charge on any atom is -0.460 e. The first-order valence-corrected chi connectivity index (χ1v) is 8.44. The number of aromatic nitrogens is 1. The van der Waals surface area contributed by atoms with Crippen LogP contribution in [0.15, 0.2) is 52.1 Å². The summed E-state index contributed by atoms with van der Waals surface area (Å²) >= 11 is 12.9. The maximum atomic E-state index is 11.8. The van der Waals surface area contributed by atoms with Gasteiger partial charge in [-0.05, 0) is 29.8 Å². The Morgan fingerprint density at radius 3 is 2.78 bits per heavy atom. The van der Waals surface area contributed by atoms with Gasteiger partial charge in [0.1, 0.15) is 17.9 Å². The lowest BCUT2D eigenvalue weighted by Gasteiger charge is -2.05. The summed E-state index contributed by atoms with van der Waals surface area (Å²) in [4.78, 5) is 16.1. The number of carbonyl (C=O) groups excluding carboxylic acids is 1. The van der Waals surface area contributed by atoms with Crippen LogP contribution in [0.25, 0.3) is 11.1 Å². The number of halogens is 2. The van der Waals surface area contributed by atoms with Gasteiger partial charge in [0.2, 0.25) is 0 Å². The van der Waals surface area contributed by atoms with Crippen molar-refractivity contribution in [2.45, 2.75) is 11.8 Å². The number of oxazole rings is 1. The summed E-state index contributed by atoms with van der Waals surface area (Å²) in [5.41, 5.74) is 2.23. The summed E-state index contributed by atoms with van der Waals surface area (Å²) in [6, 6.07) is 12.5. The fourth-order valence-electron chi connectivity index (χ4n) is 1.87. The topological polar surface area (TPSA) is 52.3 Å². The number of benzene rings is 2. The molecular weight excluding hydrogens is 357 g/mol. The van der Waals surface area contributed by atoms with Crippen LogP contribution in [-0.2, 0) is 16.1 Å². The van der Waals surface area contributed by atoms with E-state index in [1.165, 1.54) is 11.8 Å². The summed E-state index contributed by atoms with van der Waals surface area (Å²) in [7, 11) is 0. The minimum atomic E-state index is -0.358. The van der Waals surface area contributed by atoms with Gasteiger partial charge in [-0.1, -0.05) is 53.2 Å². The van der Waals surface area contributed by atoms with Crippen LogP contribution in [0, 0.1) is 0 Å². The third kappa shape index (κ3) is 4.19. The van der Waals surface area contributed by atoms with Crippen LogP contribution in [0.2, 0.25) is 10.0 Å². The average Bonchev–Trinajstić information content (AvgIpc) is 2.97. The molecule has 1 heterocycles. The van der Waals surface area contributed by atoms with E-state index in [1.807, 2.05) is 24.3 Å². The quantitative estimate of drug-likeness (QED) is 0.470. The van der Waals surface area contributed by atoms with Crippen molar-refractivity contribution in [3.63, 3.8) is 0 Å². The lowest BCUT2D eigenvalue weighted by atomic mass is 10.2. The second kappa shape index (κ2) is 7.25. The Kier molecular flexibility index (Phi) is 5.10. The standard InChI is InChI=1S/C16H11Cl2NO3S/c17-11-6-5-10(7-12(11)18)8-21-15(20)9-23-16-19-13-3-1-2-4-14(13)22-16/h1-7H,8-9H2. The van der Waals surface area contributed by atoms with Crippen molar-refractivity contribution in [3.05, 3.63) is 58.1 Å². The van der Waals surface area contributed by atoms with Gasteiger partial charge in [-0.25, -0.2) is 4.98 Å². The number of fused-ring (bicyclic) bond motifs is 1. The summed E-state index contributed by atoms with van der Waals surface area (Å²) in [5, 5.41) is 1.34. The van der Waals surface area contributed by atoms with Crippen LogP contribution in [0.1, 0.15) is 5.56 Å². The molecule has 0 aliphatic heterocycles. The van der Waals surface area contributed by atoms with Gasteiger partial charge in [-0.2, -0.15) is 0 Å². The predicted octanol–water partition coefficient (Wildman–Crippen LogP) is 4.97. The van der Waals surface area contributed by atoms with Gasteiger partial charge in [0.25, 0.3) is 5.22 Å². The highest BCUT2D eigenvalue weighted by molar-refractivity contribution is 7.99. The lowest BCUT2D eigenvalue weighted by molar-refractivity contribution is -0.141. The molecule has 0 unspecified atom stereocenters. The maximum Gasteiger partial charge on any atom is 0.316 e. The van der Waals surface area contributed by atoms with Crippen LogP contribution in [0.4, 0.5) is 0 Å². The van der Waals surface area contributed by atoms with E-state index in [9.17, 15) is 4.79 Å². The van der Waals surface area contributed by atoms with Crippen molar-refractivity contribution in [1.29, 1.82) is 0 Å². The molecule has 1 aromatic heterocycles. The molecule has 3 rings (SSSR count). The van der Waals surface area contributed by atoms with Crippen LogP contribution >= 0.6 is 35.0 Å². The van der Waals surface area contributed by atoms with Crippen molar-refractivity contribution in [2.75, 3.05) is 5.75 Å². The van der Waals surface area contributed by atoms with E-state index in [-0.39, 0.29) is 18.3 Å². The number of rotatable bonds is 5. The lowest BCUT2D eigenvalue weighted by Crippen LogP contribution is -2.07. The number of para-hydroxylation sites is 2. The number of carbonyl (C=O) groups is 1. The molecule has 0 amide bonds. The molecule has 0 bridgehead atoms. The van der Waals surface area contributed by atoms with E-state index in [2.05, 4.69) is 4.98 Å². The van der Waals surface area contributed by atoms with Crippen molar-refractivity contribution in [1.82, 2.24) is 4.98 Å². The molecule has 0 aliphatic carbocycles. The maximum absolute atomic E-state index is 11.8. The van der Waals surface area contributed by atoms with E-state index in [0.29, 0.717) is 20.9 Å². The fourth-order valence-corrected chi connectivity index (χ4v) is 2.83. The molecule has 0 spiro atoms. The van der Waals surface area contributed by atoms with E-state index < -0.39 is 0 Å². The molecular formula is C16H11Cl2NO3S. The average molecular weight is 368 g/mol. The van der Waals surface area contributed by atoms with Crippen LogP contribution in [0.3, 0.4) is 0 Å². The van der Waals surface area contributed by atoms with Crippen molar-refractivity contribution < 1.29 is 13.9 Å². The first-order valence-electron chi connectivity index (χ1n) is 6.70. The van der Waals surface area contributed by atoms with Gasteiger partial charge in [-0.3, -0.25) is 4.79 Å². The van der Waals surface area contributed by atoms with Crippen molar-refractivity contribution >= 4 is 52.0 Å². The summed E-state index contributed by atoms with van der Waals surface area (Å²) in [6.45, 7) is 0.143. The number of thioether (sulfide) groups is 1. The second-order valence-corrected chi connectivity index (χ2v) is 6.39. The number of hydrogen-bond acceptors (Lipinski definition) is 5. The fraction of sp³-hybridized carbons (Fsp3) is 0.125. The molecule has 0 N–H and O–H groups in total. The summed E-state index contributed by atoms with van der Waals surface area (Å²) in [6.07, 6.45) is 0. The Morgan fingerprint density at radius 2 is 2.00 bits per heavy atom. The number of ether oxygens (including phenoxy) is 1. The molecule has 0 atom stereocenters.